The number of nitrogens with two attached hydrogens (primary N) is 1. The number of carbonyl (C=O) groups excluding carboxylic acids is 1. The van der Waals surface area contributed by atoms with Gasteiger partial charge in [0.1, 0.15) is 5.01 Å². The number of rotatable bonds is 3. The predicted molar refractivity (Wildman–Crippen MR) is 71.6 cm³/mol. The van der Waals surface area contributed by atoms with Crippen molar-refractivity contribution in [3.05, 3.63) is 16.1 Å². The van der Waals surface area contributed by atoms with Gasteiger partial charge in [-0.15, -0.1) is 36.2 Å². The predicted octanol–water partition coefficient (Wildman–Crippen LogP) is 1.82. The molecule has 0 aliphatic carbocycles. The first kappa shape index (κ1) is 18.0. The molecule has 0 aliphatic rings. The zero-order valence-corrected chi connectivity index (χ0v) is 11.8. The number of halogens is 2. The average molecular weight is 286 g/mol. The minimum absolute atomic E-state index is 0. The molecule has 3 N–H and O–H groups in total. The Morgan fingerprint density at radius 3 is 2.44 bits per heavy atom. The maximum absolute atomic E-state index is 11.3. The summed E-state index contributed by atoms with van der Waals surface area (Å²) >= 11 is 1.58. The lowest BCUT2D eigenvalue weighted by Gasteiger charge is -2.12. The van der Waals surface area contributed by atoms with E-state index in [4.69, 9.17) is 5.73 Å². The maximum atomic E-state index is 11.3. The molecule has 1 aromatic rings. The maximum Gasteiger partial charge on any atom is 0.237 e. The van der Waals surface area contributed by atoms with Crippen LogP contribution in [0.3, 0.4) is 0 Å². The first-order valence-corrected chi connectivity index (χ1v) is 5.30. The molecule has 16 heavy (non-hydrogen) atoms. The van der Waals surface area contributed by atoms with E-state index >= 15 is 0 Å². The van der Waals surface area contributed by atoms with Gasteiger partial charge in [-0.25, -0.2) is 4.98 Å². The fourth-order valence-electron chi connectivity index (χ4n) is 0.979. The fourth-order valence-corrected chi connectivity index (χ4v) is 1.76. The van der Waals surface area contributed by atoms with Crippen LogP contribution in [0, 0.1) is 6.92 Å². The molecule has 0 fully saturated rings. The number of hydrogen-bond donors (Lipinski definition) is 2. The summed E-state index contributed by atoms with van der Waals surface area (Å²) < 4.78 is 0. The molecule has 1 heterocycles. The number of hydrogen-bond acceptors (Lipinski definition) is 4. The Bertz CT molecular complexity index is 330. The van der Waals surface area contributed by atoms with Gasteiger partial charge in [-0.05, 0) is 20.8 Å². The fraction of sp³-hybridized carbons (Fsp3) is 0.556. The van der Waals surface area contributed by atoms with E-state index in [1.165, 1.54) is 0 Å². The lowest BCUT2D eigenvalue weighted by molar-refractivity contribution is -0.122. The molecule has 0 radical (unpaired) electrons. The molecular formula is C9H17Cl2N3OS. The quantitative estimate of drug-likeness (QED) is 0.890. The second-order valence-electron chi connectivity index (χ2n) is 3.33. The molecule has 0 aliphatic heterocycles. The monoisotopic (exact) mass is 285 g/mol. The van der Waals surface area contributed by atoms with Gasteiger partial charge < -0.3 is 11.1 Å². The van der Waals surface area contributed by atoms with E-state index in [1.807, 2.05) is 13.8 Å². The summed E-state index contributed by atoms with van der Waals surface area (Å²) in [5, 5.41) is 3.71. The molecule has 1 unspecified atom stereocenters. The Balaban J connectivity index is 0. The van der Waals surface area contributed by atoms with Gasteiger partial charge in [0.05, 0.1) is 12.1 Å². The number of amides is 1. The van der Waals surface area contributed by atoms with E-state index in [1.54, 1.807) is 24.5 Å². The van der Waals surface area contributed by atoms with Crippen LogP contribution < -0.4 is 11.1 Å². The number of thiazole rings is 1. The van der Waals surface area contributed by atoms with Crippen LogP contribution in [0.1, 0.15) is 29.8 Å². The summed E-state index contributed by atoms with van der Waals surface area (Å²) in [4.78, 5) is 16.6. The topological polar surface area (TPSA) is 68.0 Å². The Morgan fingerprint density at radius 1 is 1.50 bits per heavy atom. The smallest absolute Gasteiger partial charge is 0.237 e. The van der Waals surface area contributed by atoms with Crippen LogP contribution in [-0.2, 0) is 4.79 Å². The van der Waals surface area contributed by atoms with Gasteiger partial charge in [0, 0.05) is 11.1 Å². The third-order valence-electron chi connectivity index (χ3n) is 1.78. The summed E-state index contributed by atoms with van der Waals surface area (Å²) in [6.07, 6.45) is 1.80. The Labute approximate surface area is 112 Å². The molecule has 1 rings (SSSR count). The Morgan fingerprint density at radius 2 is 2.06 bits per heavy atom. The lowest BCUT2D eigenvalue weighted by Crippen LogP contribution is -2.39. The molecular weight excluding hydrogens is 269 g/mol. The normalized spacial score (nSPS) is 13.0. The highest BCUT2D eigenvalue weighted by Crippen LogP contribution is 2.18. The van der Waals surface area contributed by atoms with Crippen molar-refractivity contribution in [3.8, 4) is 0 Å². The van der Waals surface area contributed by atoms with Gasteiger partial charge in [-0.2, -0.15) is 0 Å². The Hall–Kier alpha value is -0.360. The molecule has 1 aromatic heterocycles. The molecule has 0 aromatic carbocycles. The van der Waals surface area contributed by atoms with Crippen molar-refractivity contribution in [2.75, 3.05) is 0 Å². The van der Waals surface area contributed by atoms with Gasteiger partial charge in [-0.1, -0.05) is 0 Å². The van der Waals surface area contributed by atoms with Crippen molar-refractivity contribution >= 4 is 42.1 Å². The van der Waals surface area contributed by atoms with Crippen molar-refractivity contribution in [1.29, 1.82) is 0 Å². The molecule has 4 nitrogen and oxygen atoms in total. The number of aryl methyl sites for hydroxylation is 1. The highest BCUT2D eigenvalue weighted by Gasteiger charge is 2.14. The third-order valence-corrected chi connectivity index (χ3v) is 2.88. The summed E-state index contributed by atoms with van der Waals surface area (Å²) in [7, 11) is 0. The number of nitrogens with zero attached hydrogens (tertiary/aromatic N) is 1. The lowest BCUT2D eigenvalue weighted by atomic mass is 10.3. The van der Waals surface area contributed by atoms with Crippen LogP contribution in [0.2, 0.25) is 0 Å². The molecule has 94 valence electrons. The van der Waals surface area contributed by atoms with Gasteiger partial charge in [0.25, 0.3) is 0 Å². The first-order chi connectivity index (χ1) is 6.50. The minimum atomic E-state index is -0.474. The van der Waals surface area contributed by atoms with Gasteiger partial charge in [0.15, 0.2) is 0 Å². The van der Waals surface area contributed by atoms with Crippen LogP contribution in [0.25, 0.3) is 0 Å². The number of nitrogens with one attached hydrogen (secondary N) is 1. The minimum Gasteiger partial charge on any atom is -0.346 e. The molecule has 0 bridgehead atoms. The first-order valence-electron chi connectivity index (χ1n) is 4.49. The van der Waals surface area contributed by atoms with Crippen molar-refractivity contribution < 1.29 is 4.79 Å². The van der Waals surface area contributed by atoms with Gasteiger partial charge in [0.2, 0.25) is 5.91 Å². The number of aromatic nitrogens is 1. The van der Waals surface area contributed by atoms with Crippen LogP contribution in [0.5, 0.6) is 0 Å². The zero-order chi connectivity index (χ0) is 10.7. The second-order valence-corrected chi connectivity index (χ2v) is 4.59. The van der Waals surface area contributed by atoms with E-state index in [-0.39, 0.29) is 36.8 Å². The van der Waals surface area contributed by atoms with E-state index in [0.717, 1.165) is 9.88 Å². The molecule has 2 atom stereocenters. The third kappa shape index (κ3) is 5.12. The molecule has 0 saturated carbocycles. The summed E-state index contributed by atoms with van der Waals surface area (Å²) in [5.74, 6) is -0.148. The van der Waals surface area contributed by atoms with E-state index in [0.29, 0.717) is 0 Å². The molecule has 0 spiro atoms. The Kier molecular flexibility index (Phi) is 8.83. The van der Waals surface area contributed by atoms with Crippen LogP contribution in [0.15, 0.2) is 6.20 Å². The second kappa shape index (κ2) is 7.84. The van der Waals surface area contributed by atoms with E-state index in [9.17, 15) is 4.79 Å². The summed E-state index contributed by atoms with van der Waals surface area (Å²) in [6.45, 7) is 5.55. The van der Waals surface area contributed by atoms with Crippen LogP contribution in [-0.4, -0.2) is 16.9 Å². The highest BCUT2D eigenvalue weighted by atomic mass is 35.5. The van der Waals surface area contributed by atoms with Crippen LogP contribution in [0.4, 0.5) is 0 Å². The SMILES string of the molecule is Cc1cnc(C(C)NC(=O)[C@H](C)N)s1.Cl.Cl. The van der Waals surface area contributed by atoms with Crippen molar-refractivity contribution in [3.63, 3.8) is 0 Å². The van der Waals surface area contributed by atoms with Crippen LogP contribution >= 0.6 is 36.2 Å². The van der Waals surface area contributed by atoms with E-state index in [2.05, 4.69) is 10.3 Å². The average Bonchev–Trinajstić information content (AvgIpc) is 2.51. The zero-order valence-electron chi connectivity index (χ0n) is 9.39. The summed E-state index contributed by atoms with van der Waals surface area (Å²) in [6, 6.07) is -0.536. The molecule has 7 heteroatoms. The summed E-state index contributed by atoms with van der Waals surface area (Å²) in [5.41, 5.74) is 5.44. The van der Waals surface area contributed by atoms with E-state index < -0.39 is 6.04 Å². The largest absolute Gasteiger partial charge is 0.346 e. The van der Waals surface area contributed by atoms with Crippen molar-refractivity contribution in [2.45, 2.75) is 32.9 Å². The van der Waals surface area contributed by atoms with Gasteiger partial charge in [-0.3, -0.25) is 4.79 Å². The highest BCUT2D eigenvalue weighted by molar-refractivity contribution is 7.11. The number of carbonyl (C=O) groups is 1. The molecule has 1 amide bonds. The van der Waals surface area contributed by atoms with Gasteiger partial charge >= 0.3 is 0 Å². The standard InChI is InChI=1S/C9H15N3OS.2ClH/c1-5-4-11-9(14-5)7(3)12-8(13)6(2)10;;/h4,6-7H,10H2,1-3H3,(H,12,13);2*1H/t6-,7?;;/m0../s1. The molecule has 0 saturated heterocycles. The van der Waals surface area contributed by atoms with Crippen molar-refractivity contribution in [2.24, 2.45) is 5.73 Å². The van der Waals surface area contributed by atoms with Crippen molar-refractivity contribution in [1.82, 2.24) is 10.3 Å².